The van der Waals surface area contributed by atoms with Gasteiger partial charge >= 0.3 is 0 Å². The van der Waals surface area contributed by atoms with Gasteiger partial charge in [0.15, 0.2) is 0 Å². The molecule has 2 atom stereocenters. The molecule has 1 fully saturated rings. The molecule has 0 aromatic rings. The van der Waals surface area contributed by atoms with Crippen molar-refractivity contribution in [1.82, 2.24) is 10.2 Å². The summed E-state index contributed by atoms with van der Waals surface area (Å²) in [6, 6.07) is 0.689. The Morgan fingerprint density at radius 3 is 2.81 bits per heavy atom. The Hall–Kier alpha value is -0.160. The van der Waals surface area contributed by atoms with Gasteiger partial charge in [-0.05, 0) is 26.4 Å². The number of methoxy groups -OCH3 is 2. The molecule has 0 spiro atoms. The molecule has 0 saturated carbocycles. The molecule has 96 valence electrons. The summed E-state index contributed by atoms with van der Waals surface area (Å²) >= 11 is 0. The van der Waals surface area contributed by atoms with E-state index >= 15 is 0 Å². The van der Waals surface area contributed by atoms with Gasteiger partial charge in [0.25, 0.3) is 0 Å². The van der Waals surface area contributed by atoms with Crippen LogP contribution in [0, 0.1) is 0 Å². The molecule has 1 heterocycles. The zero-order valence-corrected chi connectivity index (χ0v) is 10.9. The fourth-order valence-electron chi connectivity index (χ4n) is 2.21. The Morgan fingerprint density at radius 2 is 2.19 bits per heavy atom. The summed E-state index contributed by atoms with van der Waals surface area (Å²) in [5.74, 6) is 0. The molecule has 0 amide bonds. The summed E-state index contributed by atoms with van der Waals surface area (Å²) in [6.45, 7) is 3.82. The average molecular weight is 230 g/mol. The third-order valence-electron chi connectivity index (χ3n) is 3.36. The maximum atomic E-state index is 5.31. The van der Waals surface area contributed by atoms with Crippen LogP contribution in [-0.4, -0.2) is 64.6 Å². The van der Waals surface area contributed by atoms with Crippen LogP contribution < -0.4 is 5.32 Å². The van der Waals surface area contributed by atoms with E-state index in [1.807, 2.05) is 0 Å². The summed E-state index contributed by atoms with van der Waals surface area (Å²) in [6.07, 6.45) is 4.18. The Labute approximate surface area is 99.3 Å². The van der Waals surface area contributed by atoms with Crippen LogP contribution in [0.5, 0.6) is 0 Å². The van der Waals surface area contributed by atoms with E-state index in [-0.39, 0.29) is 6.10 Å². The van der Waals surface area contributed by atoms with Crippen molar-refractivity contribution in [2.24, 2.45) is 0 Å². The zero-order chi connectivity index (χ0) is 11.8. The Kier molecular flexibility index (Phi) is 6.96. The molecule has 0 bridgehead atoms. The molecule has 1 rings (SSSR count). The zero-order valence-electron chi connectivity index (χ0n) is 10.9. The van der Waals surface area contributed by atoms with Gasteiger partial charge in [-0.1, -0.05) is 6.42 Å². The van der Waals surface area contributed by atoms with Crippen LogP contribution in [-0.2, 0) is 9.47 Å². The van der Waals surface area contributed by atoms with E-state index in [0.29, 0.717) is 12.6 Å². The van der Waals surface area contributed by atoms with Gasteiger partial charge in [0.1, 0.15) is 0 Å². The van der Waals surface area contributed by atoms with Gasteiger partial charge in [-0.3, -0.25) is 0 Å². The predicted octanol–water partition coefficient (Wildman–Crippen LogP) is 0.722. The summed E-state index contributed by atoms with van der Waals surface area (Å²) in [4.78, 5) is 2.45. The highest BCUT2D eigenvalue weighted by Gasteiger charge is 2.18. The lowest BCUT2D eigenvalue weighted by atomic mass is 10.0. The van der Waals surface area contributed by atoms with E-state index in [0.717, 1.165) is 13.1 Å². The standard InChI is InChI=1S/C12H26N2O2/c1-14-7-5-4-6-11(14)8-13-9-12(16-3)10-15-2/h11-13H,4-10H2,1-3H3. The highest BCUT2D eigenvalue weighted by atomic mass is 16.5. The minimum absolute atomic E-state index is 0.166. The summed E-state index contributed by atoms with van der Waals surface area (Å²) in [5, 5.41) is 3.47. The van der Waals surface area contributed by atoms with E-state index in [1.165, 1.54) is 25.8 Å². The molecule has 4 heteroatoms. The second-order valence-electron chi connectivity index (χ2n) is 4.60. The van der Waals surface area contributed by atoms with E-state index in [9.17, 15) is 0 Å². The number of hydrogen-bond donors (Lipinski definition) is 1. The molecule has 16 heavy (non-hydrogen) atoms. The quantitative estimate of drug-likeness (QED) is 0.699. The SMILES string of the molecule is COCC(CNCC1CCCCN1C)OC. The predicted molar refractivity (Wildman–Crippen MR) is 65.8 cm³/mol. The van der Waals surface area contributed by atoms with Crippen LogP contribution in [0.3, 0.4) is 0 Å². The van der Waals surface area contributed by atoms with Gasteiger partial charge in [0, 0.05) is 33.4 Å². The molecule has 1 aliphatic rings. The van der Waals surface area contributed by atoms with Gasteiger partial charge in [0.05, 0.1) is 12.7 Å². The lowest BCUT2D eigenvalue weighted by Gasteiger charge is -2.33. The smallest absolute Gasteiger partial charge is 0.0928 e. The van der Waals surface area contributed by atoms with E-state index in [4.69, 9.17) is 9.47 Å². The summed E-state index contributed by atoms with van der Waals surface area (Å²) < 4.78 is 10.4. The molecule has 1 N–H and O–H groups in total. The summed E-state index contributed by atoms with van der Waals surface area (Å²) in [7, 11) is 5.66. The van der Waals surface area contributed by atoms with E-state index in [2.05, 4.69) is 17.3 Å². The second kappa shape index (κ2) is 8.01. The van der Waals surface area contributed by atoms with Crippen molar-refractivity contribution in [2.75, 3.05) is 47.5 Å². The minimum atomic E-state index is 0.166. The first kappa shape index (κ1) is 13.9. The number of hydrogen-bond acceptors (Lipinski definition) is 4. The first-order valence-corrected chi connectivity index (χ1v) is 6.20. The molecule has 0 aromatic carbocycles. The summed E-state index contributed by atoms with van der Waals surface area (Å²) in [5.41, 5.74) is 0. The third-order valence-corrected chi connectivity index (χ3v) is 3.36. The van der Waals surface area contributed by atoms with E-state index < -0.39 is 0 Å². The monoisotopic (exact) mass is 230 g/mol. The van der Waals surface area contributed by atoms with Crippen LogP contribution >= 0.6 is 0 Å². The van der Waals surface area contributed by atoms with Crippen molar-refractivity contribution >= 4 is 0 Å². The Morgan fingerprint density at radius 1 is 1.38 bits per heavy atom. The van der Waals surface area contributed by atoms with Gasteiger partial charge in [0.2, 0.25) is 0 Å². The highest BCUT2D eigenvalue weighted by Crippen LogP contribution is 2.13. The maximum absolute atomic E-state index is 5.31. The van der Waals surface area contributed by atoms with Gasteiger partial charge < -0.3 is 19.7 Å². The van der Waals surface area contributed by atoms with Crippen LogP contribution in [0.1, 0.15) is 19.3 Å². The van der Waals surface area contributed by atoms with Gasteiger partial charge in [-0.25, -0.2) is 0 Å². The lowest BCUT2D eigenvalue weighted by molar-refractivity contribution is 0.0276. The topological polar surface area (TPSA) is 33.7 Å². The van der Waals surface area contributed by atoms with Crippen molar-refractivity contribution in [1.29, 1.82) is 0 Å². The third kappa shape index (κ3) is 4.78. The number of ether oxygens (including phenoxy) is 2. The van der Waals surface area contributed by atoms with Crippen molar-refractivity contribution < 1.29 is 9.47 Å². The molecule has 0 aliphatic carbocycles. The fourth-order valence-corrected chi connectivity index (χ4v) is 2.21. The first-order chi connectivity index (χ1) is 7.77. The Balaban J connectivity index is 2.13. The molecule has 2 unspecified atom stereocenters. The molecule has 0 radical (unpaired) electrons. The van der Waals surface area contributed by atoms with Crippen LogP contribution in [0.25, 0.3) is 0 Å². The molecule has 4 nitrogen and oxygen atoms in total. The van der Waals surface area contributed by atoms with Crippen molar-refractivity contribution in [3.63, 3.8) is 0 Å². The number of nitrogens with one attached hydrogen (secondary N) is 1. The van der Waals surface area contributed by atoms with Crippen molar-refractivity contribution in [3.05, 3.63) is 0 Å². The first-order valence-electron chi connectivity index (χ1n) is 6.20. The molecular weight excluding hydrogens is 204 g/mol. The molecular formula is C12H26N2O2. The number of likely N-dealkylation sites (tertiary alicyclic amines) is 1. The number of likely N-dealkylation sites (N-methyl/N-ethyl adjacent to an activating group) is 1. The van der Waals surface area contributed by atoms with Gasteiger partial charge in [-0.15, -0.1) is 0 Å². The van der Waals surface area contributed by atoms with Crippen LogP contribution in [0.15, 0.2) is 0 Å². The largest absolute Gasteiger partial charge is 0.382 e. The van der Waals surface area contributed by atoms with E-state index in [1.54, 1.807) is 14.2 Å². The van der Waals surface area contributed by atoms with Crippen LogP contribution in [0.4, 0.5) is 0 Å². The molecule has 0 aromatic heterocycles. The van der Waals surface area contributed by atoms with Crippen molar-refractivity contribution in [2.45, 2.75) is 31.4 Å². The normalized spacial score (nSPS) is 24.6. The van der Waals surface area contributed by atoms with Gasteiger partial charge in [-0.2, -0.15) is 0 Å². The number of piperidine rings is 1. The number of rotatable bonds is 7. The minimum Gasteiger partial charge on any atom is -0.382 e. The lowest BCUT2D eigenvalue weighted by Crippen LogP contribution is -2.45. The second-order valence-corrected chi connectivity index (χ2v) is 4.60. The molecule has 1 saturated heterocycles. The number of nitrogens with zero attached hydrogens (tertiary/aromatic N) is 1. The van der Waals surface area contributed by atoms with Crippen LogP contribution in [0.2, 0.25) is 0 Å². The van der Waals surface area contributed by atoms with Crippen molar-refractivity contribution in [3.8, 4) is 0 Å². The average Bonchev–Trinajstić information content (AvgIpc) is 2.30. The highest BCUT2D eigenvalue weighted by molar-refractivity contribution is 4.76. The molecule has 1 aliphatic heterocycles. The Bertz CT molecular complexity index is 178. The fraction of sp³-hybridized carbons (Fsp3) is 1.00. The maximum Gasteiger partial charge on any atom is 0.0928 e.